The molecule has 0 aliphatic rings. The first-order valence-corrected chi connectivity index (χ1v) is 16.3. The molecule has 0 aromatic heterocycles. The van der Waals surface area contributed by atoms with Crippen LogP contribution in [0.1, 0.15) is 41.5 Å². The summed E-state index contributed by atoms with van der Waals surface area (Å²) in [6, 6.07) is 0. The van der Waals surface area contributed by atoms with Crippen LogP contribution in [0.5, 0.6) is 0 Å². The average molecular weight is 363 g/mol. The summed E-state index contributed by atoms with van der Waals surface area (Å²) < 4.78 is 5.22. The highest BCUT2D eigenvalue weighted by Crippen LogP contribution is 2.16. The molecule has 0 aromatic carbocycles. The molecule has 0 saturated carbocycles. The first-order valence-electron chi connectivity index (χ1n) is 8.86. The van der Waals surface area contributed by atoms with Gasteiger partial charge in [-0.05, 0) is 53.9 Å². The van der Waals surface area contributed by atoms with E-state index in [9.17, 15) is 0 Å². The van der Waals surface area contributed by atoms with Gasteiger partial charge in [0.2, 0.25) is 0 Å². The van der Waals surface area contributed by atoms with E-state index in [0.29, 0.717) is 5.54 Å². The molecule has 23 heavy (non-hydrogen) atoms. The molecule has 0 aromatic rings. The molecular weight excluding hydrogens is 316 g/mol. The van der Waals surface area contributed by atoms with Gasteiger partial charge < -0.3 is 10.1 Å². The van der Waals surface area contributed by atoms with Crippen molar-refractivity contribution in [2.45, 2.75) is 91.9 Å². The number of hydrogen-bond donors (Lipinski definition) is 1. The second-order valence-corrected chi connectivity index (χ2v) is 21.9. The molecule has 1 N–H and O–H groups in total. The minimum atomic E-state index is -1.02. The monoisotopic (exact) mass is 362 g/mol. The van der Waals surface area contributed by atoms with E-state index in [1.54, 1.807) is 7.11 Å². The van der Waals surface area contributed by atoms with Crippen molar-refractivity contribution in [2.24, 2.45) is 0 Å². The van der Waals surface area contributed by atoms with E-state index < -0.39 is 16.1 Å². The van der Waals surface area contributed by atoms with Crippen molar-refractivity contribution in [3.63, 3.8) is 0 Å². The Bertz CT molecular complexity index is 293. The molecule has 142 valence electrons. The van der Waals surface area contributed by atoms with Crippen LogP contribution in [-0.4, -0.2) is 58.3 Å². The summed E-state index contributed by atoms with van der Waals surface area (Å²) in [6.45, 7) is 28.4. The zero-order valence-electron chi connectivity index (χ0n) is 18.5. The van der Waals surface area contributed by atoms with Gasteiger partial charge in [0.05, 0.1) is 22.9 Å². The Morgan fingerprint density at radius 3 is 1.43 bits per heavy atom. The lowest BCUT2D eigenvalue weighted by Gasteiger charge is -2.38. The fourth-order valence-corrected chi connectivity index (χ4v) is 4.51. The number of methoxy groups -OCH3 is 1. The van der Waals surface area contributed by atoms with Gasteiger partial charge in [0.15, 0.2) is 0 Å². The molecule has 0 aliphatic carbocycles. The van der Waals surface area contributed by atoms with Crippen LogP contribution in [0.2, 0.25) is 39.3 Å². The van der Waals surface area contributed by atoms with E-state index >= 15 is 0 Å². The van der Waals surface area contributed by atoms with Gasteiger partial charge in [-0.25, -0.2) is 0 Å². The Labute approximate surface area is 149 Å². The highest BCUT2D eigenvalue weighted by molar-refractivity contribution is 6.76. The summed E-state index contributed by atoms with van der Waals surface area (Å²) in [5, 5.41) is 3.52. The number of nitrogens with zero attached hydrogens (tertiary/aromatic N) is 1. The highest BCUT2D eigenvalue weighted by Gasteiger charge is 2.26. The molecule has 0 fully saturated rings. The minimum Gasteiger partial charge on any atom is -0.369 e. The molecule has 0 spiro atoms. The van der Waals surface area contributed by atoms with Crippen LogP contribution in [0.25, 0.3) is 0 Å². The zero-order chi connectivity index (χ0) is 19.1. The predicted molar refractivity (Wildman–Crippen MR) is 113 cm³/mol. The maximum absolute atomic E-state index is 5.22. The zero-order valence-corrected chi connectivity index (χ0v) is 20.5. The third-order valence-electron chi connectivity index (χ3n) is 3.05. The summed E-state index contributed by atoms with van der Waals surface area (Å²) in [5.41, 5.74) is 0.510. The van der Waals surface area contributed by atoms with E-state index in [1.807, 2.05) is 0 Å². The van der Waals surface area contributed by atoms with Crippen molar-refractivity contribution >= 4 is 16.1 Å². The number of hydrogen-bond acceptors (Lipinski definition) is 3. The second kappa shape index (κ2) is 9.71. The van der Waals surface area contributed by atoms with Crippen LogP contribution in [0.3, 0.4) is 0 Å². The van der Waals surface area contributed by atoms with Crippen LogP contribution >= 0.6 is 0 Å². The van der Waals surface area contributed by atoms with E-state index in [2.05, 4.69) is 91.0 Å². The highest BCUT2D eigenvalue weighted by atomic mass is 28.3. The predicted octanol–water partition coefficient (Wildman–Crippen LogP) is 4.82. The van der Waals surface area contributed by atoms with Crippen LogP contribution in [0, 0.1) is 0 Å². The number of nitrogens with one attached hydrogen (secondary N) is 1. The topological polar surface area (TPSA) is 24.5 Å². The van der Waals surface area contributed by atoms with Gasteiger partial charge in [0.1, 0.15) is 0 Å². The molecule has 3 nitrogen and oxygen atoms in total. The van der Waals surface area contributed by atoms with Crippen LogP contribution < -0.4 is 5.32 Å². The third-order valence-corrected chi connectivity index (χ3v) is 5.62. The van der Waals surface area contributed by atoms with Gasteiger partial charge in [-0.15, -0.1) is 0 Å². The first kappa shape index (κ1) is 25.6. The standard InChI is InChI=1S/C10H25NOSi.C8H21NSi/c1-10(2,3)11(8-12-4)9-13(5,6)7;1-8(2,3)9-7-10(4,5)6/h8-9H2,1-7H3;9H,7H2,1-6H3. The molecule has 0 saturated heterocycles. The van der Waals surface area contributed by atoms with Crippen molar-refractivity contribution < 1.29 is 4.74 Å². The fourth-order valence-electron chi connectivity index (χ4n) is 1.74. The van der Waals surface area contributed by atoms with E-state index in [1.165, 1.54) is 12.3 Å². The first-order chi connectivity index (χ1) is 9.87. The van der Waals surface area contributed by atoms with Gasteiger partial charge in [-0.1, -0.05) is 39.3 Å². The fraction of sp³-hybridized carbons (Fsp3) is 1.00. The molecular formula is C18H46N2OSi2. The summed E-state index contributed by atoms with van der Waals surface area (Å²) in [4.78, 5) is 2.42. The summed E-state index contributed by atoms with van der Waals surface area (Å²) in [6.07, 6.45) is 2.42. The van der Waals surface area contributed by atoms with Gasteiger partial charge in [0.25, 0.3) is 0 Å². The Morgan fingerprint density at radius 1 is 0.826 bits per heavy atom. The molecule has 5 heteroatoms. The number of ether oxygens (including phenoxy) is 1. The average Bonchev–Trinajstić information content (AvgIpc) is 2.22. The third kappa shape index (κ3) is 20.3. The van der Waals surface area contributed by atoms with E-state index in [4.69, 9.17) is 4.74 Å². The van der Waals surface area contributed by atoms with E-state index in [-0.39, 0.29) is 5.54 Å². The molecule has 0 aliphatic heterocycles. The molecule has 0 heterocycles. The molecule has 0 bridgehead atoms. The van der Waals surface area contributed by atoms with Gasteiger partial charge in [-0.2, -0.15) is 0 Å². The molecule has 0 unspecified atom stereocenters. The van der Waals surface area contributed by atoms with Crippen molar-refractivity contribution in [2.75, 3.05) is 26.2 Å². The summed E-state index contributed by atoms with van der Waals surface area (Å²) in [5.74, 6) is 0. The smallest absolute Gasteiger partial charge is 0.0988 e. The molecule has 0 radical (unpaired) electrons. The molecule has 0 amide bonds. The maximum atomic E-state index is 5.22. The maximum Gasteiger partial charge on any atom is 0.0988 e. The normalized spacial score (nSPS) is 13.8. The van der Waals surface area contributed by atoms with E-state index in [0.717, 1.165) is 6.73 Å². The largest absolute Gasteiger partial charge is 0.369 e. The molecule has 0 atom stereocenters. The van der Waals surface area contributed by atoms with Crippen LogP contribution in [-0.2, 0) is 4.74 Å². The SMILES string of the molecule is CC(C)(C)NC[Si](C)(C)C.COCN(C[Si](C)(C)C)C(C)(C)C. The Morgan fingerprint density at radius 2 is 1.26 bits per heavy atom. The lowest BCUT2D eigenvalue weighted by atomic mass is 10.1. The number of rotatable bonds is 6. The lowest BCUT2D eigenvalue weighted by molar-refractivity contribution is 0.0180. The van der Waals surface area contributed by atoms with Crippen molar-refractivity contribution in [1.29, 1.82) is 0 Å². The van der Waals surface area contributed by atoms with Crippen LogP contribution in [0.15, 0.2) is 0 Å². The second-order valence-electron chi connectivity index (χ2n) is 11.0. The van der Waals surface area contributed by atoms with Gasteiger partial charge in [0, 0.05) is 18.2 Å². The Kier molecular flexibility index (Phi) is 10.8. The Balaban J connectivity index is 0. The van der Waals surface area contributed by atoms with Crippen molar-refractivity contribution in [3.05, 3.63) is 0 Å². The quantitative estimate of drug-likeness (QED) is 0.541. The summed E-state index contributed by atoms with van der Waals surface area (Å²) in [7, 11) is -0.133. The Hall–Kier alpha value is 0.314. The lowest BCUT2D eigenvalue weighted by Crippen LogP contribution is -2.50. The molecule has 0 rings (SSSR count). The van der Waals surface area contributed by atoms with Crippen LogP contribution in [0.4, 0.5) is 0 Å². The van der Waals surface area contributed by atoms with Gasteiger partial charge >= 0.3 is 0 Å². The van der Waals surface area contributed by atoms with Crippen molar-refractivity contribution in [3.8, 4) is 0 Å². The van der Waals surface area contributed by atoms with Crippen molar-refractivity contribution in [1.82, 2.24) is 10.2 Å². The van der Waals surface area contributed by atoms with Gasteiger partial charge in [-0.3, -0.25) is 4.90 Å². The minimum absolute atomic E-state index is 0.219. The summed E-state index contributed by atoms with van der Waals surface area (Å²) >= 11 is 0.